The Morgan fingerprint density at radius 3 is 2.86 bits per heavy atom. The van der Waals surface area contributed by atoms with E-state index < -0.39 is 6.10 Å². The smallest absolute Gasteiger partial charge is 0.321 e. The molecule has 3 rings (SSSR count). The van der Waals surface area contributed by atoms with E-state index in [2.05, 4.69) is 10.3 Å². The van der Waals surface area contributed by atoms with Crippen molar-refractivity contribution in [3.05, 3.63) is 24.1 Å². The predicted octanol–water partition coefficient (Wildman–Crippen LogP) is 2.72. The molecule has 0 bridgehead atoms. The second-order valence-electron chi connectivity index (χ2n) is 6.77. The highest BCUT2D eigenvalue weighted by Crippen LogP contribution is 2.27. The van der Waals surface area contributed by atoms with Gasteiger partial charge in [-0.15, -0.1) is 0 Å². The van der Waals surface area contributed by atoms with Crippen LogP contribution in [-0.2, 0) is 5.41 Å². The van der Waals surface area contributed by atoms with Crippen molar-refractivity contribution in [1.29, 1.82) is 0 Å². The summed E-state index contributed by atoms with van der Waals surface area (Å²) in [6.07, 6.45) is 0.211. The van der Waals surface area contributed by atoms with Crippen LogP contribution in [0.25, 0.3) is 11.1 Å². The molecule has 2 amide bonds. The number of fused-ring (bicyclic) bond motifs is 1. The van der Waals surface area contributed by atoms with Gasteiger partial charge >= 0.3 is 6.03 Å². The number of aromatic nitrogens is 1. The number of hydrogen-bond donors (Lipinski definition) is 2. The Bertz CT molecular complexity index is 702. The molecule has 0 unspecified atom stereocenters. The molecule has 1 aliphatic rings. The van der Waals surface area contributed by atoms with E-state index in [0.29, 0.717) is 36.7 Å². The SMILES string of the molecule is CC(C)(C)c1nc2cc(NC(=O)N3CC[C@@H](O)C3)ccc2o1. The normalized spacial score (nSPS) is 18.9. The number of aliphatic hydroxyl groups is 1. The Labute approximate surface area is 129 Å². The number of urea groups is 1. The molecule has 1 atom stereocenters. The van der Waals surface area contributed by atoms with Gasteiger partial charge in [0.15, 0.2) is 5.58 Å². The Morgan fingerprint density at radius 1 is 1.45 bits per heavy atom. The summed E-state index contributed by atoms with van der Waals surface area (Å²) in [5, 5.41) is 12.3. The van der Waals surface area contributed by atoms with Crippen LogP contribution in [0.5, 0.6) is 0 Å². The predicted molar refractivity (Wildman–Crippen MR) is 83.9 cm³/mol. The number of rotatable bonds is 1. The summed E-state index contributed by atoms with van der Waals surface area (Å²) < 4.78 is 5.74. The van der Waals surface area contributed by atoms with Crippen molar-refractivity contribution in [1.82, 2.24) is 9.88 Å². The molecule has 0 aliphatic carbocycles. The van der Waals surface area contributed by atoms with Crippen molar-refractivity contribution in [2.45, 2.75) is 38.7 Å². The van der Waals surface area contributed by atoms with Crippen LogP contribution >= 0.6 is 0 Å². The van der Waals surface area contributed by atoms with E-state index in [1.165, 1.54) is 0 Å². The van der Waals surface area contributed by atoms with Crippen molar-refractivity contribution in [2.75, 3.05) is 18.4 Å². The first-order chi connectivity index (χ1) is 10.3. The molecule has 118 valence electrons. The van der Waals surface area contributed by atoms with Gasteiger partial charge in [0.25, 0.3) is 0 Å². The van der Waals surface area contributed by atoms with E-state index in [4.69, 9.17) is 4.42 Å². The number of carbonyl (C=O) groups excluding carboxylic acids is 1. The average molecular weight is 303 g/mol. The number of nitrogens with zero attached hydrogens (tertiary/aromatic N) is 2. The van der Waals surface area contributed by atoms with Gasteiger partial charge in [0.1, 0.15) is 5.52 Å². The Hall–Kier alpha value is -2.08. The molecule has 6 heteroatoms. The van der Waals surface area contributed by atoms with E-state index in [-0.39, 0.29) is 11.4 Å². The molecular formula is C16H21N3O3. The molecule has 2 heterocycles. The fraction of sp³-hybridized carbons (Fsp3) is 0.500. The van der Waals surface area contributed by atoms with Crippen LogP contribution < -0.4 is 5.32 Å². The third kappa shape index (κ3) is 2.92. The summed E-state index contributed by atoms with van der Waals surface area (Å²) >= 11 is 0. The molecule has 0 saturated carbocycles. The largest absolute Gasteiger partial charge is 0.440 e. The lowest BCUT2D eigenvalue weighted by Crippen LogP contribution is -2.33. The summed E-state index contributed by atoms with van der Waals surface area (Å²) in [7, 11) is 0. The van der Waals surface area contributed by atoms with Crippen LogP contribution in [0.2, 0.25) is 0 Å². The van der Waals surface area contributed by atoms with Gasteiger partial charge in [-0.3, -0.25) is 0 Å². The minimum atomic E-state index is -0.418. The van der Waals surface area contributed by atoms with Gasteiger partial charge in [0, 0.05) is 24.2 Å². The van der Waals surface area contributed by atoms with Crippen LogP contribution in [0.4, 0.5) is 10.5 Å². The Kier molecular flexibility index (Phi) is 3.56. The standard InChI is InChI=1S/C16H21N3O3/c1-16(2,3)14-18-12-8-10(4-5-13(12)22-14)17-15(21)19-7-6-11(20)9-19/h4-5,8,11,20H,6-7,9H2,1-3H3,(H,17,21)/t11-/m1/s1. The van der Waals surface area contributed by atoms with Crippen molar-refractivity contribution >= 4 is 22.8 Å². The minimum absolute atomic E-state index is 0.159. The van der Waals surface area contributed by atoms with Gasteiger partial charge in [-0.25, -0.2) is 9.78 Å². The third-order valence-corrected chi connectivity index (χ3v) is 3.73. The molecule has 1 aliphatic heterocycles. The minimum Gasteiger partial charge on any atom is -0.440 e. The van der Waals surface area contributed by atoms with Crippen LogP contribution in [0, 0.1) is 0 Å². The van der Waals surface area contributed by atoms with Crippen LogP contribution in [0.15, 0.2) is 22.6 Å². The quantitative estimate of drug-likeness (QED) is 0.849. The highest BCUT2D eigenvalue weighted by atomic mass is 16.3. The lowest BCUT2D eigenvalue weighted by Gasteiger charge is -2.16. The fourth-order valence-electron chi connectivity index (χ4n) is 2.45. The number of hydrogen-bond acceptors (Lipinski definition) is 4. The van der Waals surface area contributed by atoms with Crippen LogP contribution in [0.3, 0.4) is 0 Å². The highest BCUT2D eigenvalue weighted by Gasteiger charge is 2.25. The number of oxazole rings is 1. The van der Waals surface area contributed by atoms with Gasteiger partial charge in [0.2, 0.25) is 5.89 Å². The molecule has 1 aromatic heterocycles. The van der Waals surface area contributed by atoms with Gasteiger partial charge in [-0.1, -0.05) is 20.8 Å². The number of amides is 2. The maximum atomic E-state index is 12.1. The highest BCUT2D eigenvalue weighted by molar-refractivity contribution is 5.91. The zero-order valence-corrected chi connectivity index (χ0v) is 13.1. The summed E-state index contributed by atoms with van der Waals surface area (Å²) in [5.74, 6) is 0.675. The van der Waals surface area contributed by atoms with Gasteiger partial charge in [-0.2, -0.15) is 0 Å². The Balaban J connectivity index is 1.78. The second-order valence-corrected chi connectivity index (χ2v) is 6.77. The first-order valence-corrected chi connectivity index (χ1v) is 7.48. The molecule has 1 saturated heterocycles. The number of anilines is 1. The van der Waals surface area contributed by atoms with E-state index >= 15 is 0 Å². The number of carbonyl (C=O) groups is 1. The monoisotopic (exact) mass is 303 g/mol. The zero-order chi connectivity index (χ0) is 15.9. The number of β-amino-alcohol motifs (C(OH)–C–C–N with tert-alkyl or cyclic N) is 1. The number of likely N-dealkylation sites (tertiary alicyclic amines) is 1. The Morgan fingerprint density at radius 2 is 2.23 bits per heavy atom. The van der Waals surface area contributed by atoms with Gasteiger partial charge < -0.3 is 19.7 Å². The maximum absolute atomic E-state index is 12.1. The number of nitrogens with one attached hydrogen (secondary N) is 1. The van der Waals surface area contributed by atoms with E-state index in [1.807, 2.05) is 26.8 Å². The van der Waals surface area contributed by atoms with Crippen molar-refractivity contribution < 1.29 is 14.3 Å². The maximum Gasteiger partial charge on any atom is 0.321 e. The summed E-state index contributed by atoms with van der Waals surface area (Å²) in [5.41, 5.74) is 1.95. The van der Waals surface area contributed by atoms with Crippen LogP contribution in [-0.4, -0.2) is 40.2 Å². The molecule has 0 radical (unpaired) electrons. The van der Waals surface area contributed by atoms with Crippen molar-refractivity contribution in [3.63, 3.8) is 0 Å². The second kappa shape index (κ2) is 5.28. The average Bonchev–Trinajstić information content (AvgIpc) is 3.03. The van der Waals surface area contributed by atoms with Crippen LogP contribution in [0.1, 0.15) is 33.1 Å². The molecule has 22 heavy (non-hydrogen) atoms. The molecule has 1 aromatic carbocycles. The zero-order valence-electron chi connectivity index (χ0n) is 13.1. The summed E-state index contributed by atoms with van der Waals surface area (Å²) in [6, 6.07) is 5.21. The van der Waals surface area contributed by atoms with Gasteiger partial charge in [-0.05, 0) is 24.6 Å². The molecular weight excluding hydrogens is 282 g/mol. The van der Waals surface area contributed by atoms with E-state index in [0.717, 1.165) is 5.52 Å². The van der Waals surface area contributed by atoms with Crippen molar-refractivity contribution in [3.8, 4) is 0 Å². The molecule has 2 aromatic rings. The third-order valence-electron chi connectivity index (χ3n) is 3.73. The first-order valence-electron chi connectivity index (χ1n) is 7.48. The fourth-order valence-corrected chi connectivity index (χ4v) is 2.45. The number of aliphatic hydroxyl groups excluding tert-OH is 1. The lowest BCUT2D eigenvalue weighted by atomic mass is 9.97. The van der Waals surface area contributed by atoms with E-state index in [9.17, 15) is 9.90 Å². The molecule has 2 N–H and O–H groups in total. The molecule has 6 nitrogen and oxygen atoms in total. The summed E-state index contributed by atoms with van der Waals surface area (Å²) in [6.45, 7) is 7.08. The first kappa shape index (κ1) is 14.8. The molecule has 1 fully saturated rings. The van der Waals surface area contributed by atoms with Gasteiger partial charge in [0.05, 0.1) is 6.10 Å². The lowest BCUT2D eigenvalue weighted by molar-refractivity contribution is 0.176. The van der Waals surface area contributed by atoms with Crippen molar-refractivity contribution in [2.24, 2.45) is 0 Å². The summed E-state index contributed by atoms with van der Waals surface area (Å²) in [4.78, 5) is 18.2. The molecule has 0 spiro atoms. The number of benzene rings is 1. The van der Waals surface area contributed by atoms with E-state index in [1.54, 1.807) is 17.0 Å². The topological polar surface area (TPSA) is 78.6 Å².